The number of halogens is 1. The number of benzene rings is 1. The molecule has 0 saturated carbocycles. The van der Waals surface area contributed by atoms with E-state index in [1.165, 1.54) is 19.2 Å². The lowest BCUT2D eigenvalue weighted by Gasteiger charge is -2.07. The van der Waals surface area contributed by atoms with Gasteiger partial charge in [-0.1, -0.05) is 0 Å². The van der Waals surface area contributed by atoms with Crippen LogP contribution in [0.25, 0.3) is 0 Å². The van der Waals surface area contributed by atoms with Gasteiger partial charge in [0.1, 0.15) is 11.3 Å². The van der Waals surface area contributed by atoms with Gasteiger partial charge in [0.15, 0.2) is 0 Å². The second-order valence-corrected chi connectivity index (χ2v) is 3.24. The number of aromatic carboxylic acids is 1. The van der Waals surface area contributed by atoms with Gasteiger partial charge in [0.05, 0.1) is 7.11 Å². The smallest absolute Gasteiger partial charge is 0.340 e. The maximum Gasteiger partial charge on any atom is 0.340 e. The topological polar surface area (TPSA) is 72.5 Å². The molecule has 0 unspecified atom stereocenters. The molecule has 1 aromatic rings. The van der Waals surface area contributed by atoms with Crippen LogP contribution in [-0.4, -0.2) is 18.2 Å². The highest BCUT2D eigenvalue weighted by atomic mass is 79.9. The molecule has 0 heterocycles. The van der Waals surface area contributed by atoms with E-state index >= 15 is 0 Å². The number of methoxy groups -OCH3 is 1. The Morgan fingerprint density at radius 3 is 2.69 bits per heavy atom. The molecular weight excluding hydrogens is 238 g/mol. The zero-order chi connectivity index (χ0) is 10.0. The summed E-state index contributed by atoms with van der Waals surface area (Å²) in [5, 5.41) is 8.82. The van der Waals surface area contributed by atoms with E-state index < -0.39 is 5.97 Å². The summed E-state index contributed by atoms with van der Waals surface area (Å²) in [5.41, 5.74) is 6.03. The summed E-state index contributed by atoms with van der Waals surface area (Å²) < 4.78 is 5.29. The minimum atomic E-state index is -1.05. The minimum absolute atomic E-state index is 0.0803. The SMILES string of the molecule is COc1cc(N)cc(Br)c1C(=O)O. The van der Waals surface area contributed by atoms with Gasteiger partial charge < -0.3 is 15.6 Å². The Morgan fingerprint density at radius 2 is 2.23 bits per heavy atom. The van der Waals surface area contributed by atoms with E-state index in [1.54, 1.807) is 0 Å². The number of hydrogen-bond donors (Lipinski definition) is 2. The first kappa shape index (κ1) is 9.85. The average molecular weight is 246 g/mol. The third kappa shape index (κ3) is 1.92. The number of nitrogen functional groups attached to an aromatic ring is 1. The lowest BCUT2D eigenvalue weighted by atomic mass is 10.2. The van der Waals surface area contributed by atoms with Crippen molar-refractivity contribution in [1.29, 1.82) is 0 Å². The molecule has 0 spiro atoms. The highest BCUT2D eigenvalue weighted by Gasteiger charge is 2.15. The first-order valence-electron chi connectivity index (χ1n) is 3.42. The third-order valence-electron chi connectivity index (χ3n) is 1.51. The number of ether oxygens (including phenoxy) is 1. The van der Waals surface area contributed by atoms with Crippen molar-refractivity contribution in [3.63, 3.8) is 0 Å². The Morgan fingerprint density at radius 1 is 1.62 bits per heavy atom. The van der Waals surface area contributed by atoms with Crippen LogP contribution >= 0.6 is 15.9 Å². The molecule has 1 aromatic carbocycles. The van der Waals surface area contributed by atoms with Crippen LogP contribution in [0.1, 0.15) is 10.4 Å². The molecule has 0 aliphatic heterocycles. The molecule has 0 bridgehead atoms. The summed E-state index contributed by atoms with van der Waals surface area (Å²) in [6.45, 7) is 0. The summed E-state index contributed by atoms with van der Waals surface area (Å²) >= 11 is 3.10. The number of rotatable bonds is 2. The van der Waals surface area contributed by atoms with Crippen molar-refractivity contribution in [3.8, 4) is 5.75 Å². The monoisotopic (exact) mass is 245 g/mol. The molecular formula is C8H8BrNO3. The van der Waals surface area contributed by atoms with Gasteiger partial charge in [-0.2, -0.15) is 0 Å². The van der Waals surface area contributed by atoms with E-state index in [9.17, 15) is 4.79 Å². The summed E-state index contributed by atoms with van der Waals surface area (Å²) in [4.78, 5) is 10.8. The summed E-state index contributed by atoms with van der Waals surface area (Å²) in [6.07, 6.45) is 0. The molecule has 0 radical (unpaired) electrons. The normalized spacial score (nSPS) is 9.69. The van der Waals surface area contributed by atoms with Gasteiger partial charge >= 0.3 is 5.97 Å². The zero-order valence-electron chi connectivity index (χ0n) is 6.87. The Balaban J connectivity index is 3.38. The highest BCUT2D eigenvalue weighted by Crippen LogP contribution is 2.29. The van der Waals surface area contributed by atoms with Gasteiger partial charge in [-0.15, -0.1) is 0 Å². The molecule has 0 amide bonds. The van der Waals surface area contributed by atoms with Crippen LogP contribution in [0.3, 0.4) is 0 Å². The third-order valence-corrected chi connectivity index (χ3v) is 2.14. The first-order chi connectivity index (χ1) is 6.06. The number of carboxylic acid groups (broad SMARTS) is 1. The van der Waals surface area contributed by atoms with E-state index in [2.05, 4.69) is 15.9 Å². The van der Waals surface area contributed by atoms with Crippen molar-refractivity contribution in [2.45, 2.75) is 0 Å². The fourth-order valence-electron chi connectivity index (χ4n) is 0.970. The Hall–Kier alpha value is -1.23. The number of anilines is 1. The quantitative estimate of drug-likeness (QED) is 0.779. The van der Waals surface area contributed by atoms with Crippen LogP contribution < -0.4 is 10.5 Å². The van der Waals surface area contributed by atoms with Gasteiger partial charge in [0.25, 0.3) is 0 Å². The second kappa shape index (κ2) is 3.66. The largest absolute Gasteiger partial charge is 0.496 e. The molecule has 13 heavy (non-hydrogen) atoms. The van der Waals surface area contributed by atoms with Crippen molar-refractivity contribution in [3.05, 3.63) is 22.2 Å². The molecule has 70 valence electrons. The fraction of sp³-hybridized carbons (Fsp3) is 0.125. The molecule has 0 saturated heterocycles. The first-order valence-corrected chi connectivity index (χ1v) is 4.22. The van der Waals surface area contributed by atoms with Gasteiger partial charge in [0, 0.05) is 16.2 Å². The Kier molecular flexibility index (Phi) is 2.77. The van der Waals surface area contributed by atoms with Crippen LogP contribution in [0.15, 0.2) is 16.6 Å². The lowest BCUT2D eigenvalue weighted by Crippen LogP contribution is -2.02. The zero-order valence-corrected chi connectivity index (χ0v) is 8.46. The van der Waals surface area contributed by atoms with Gasteiger partial charge in [0.2, 0.25) is 0 Å². The van der Waals surface area contributed by atoms with Crippen LogP contribution in [0.2, 0.25) is 0 Å². The van der Waals surface area contributed by atoms with Crippen LogP contribution in [0, 0.1) is 0 Å². The van der Waals surface area contributed by atoms with Crippen LogP contribution in [-0.2, 0) is 0 Å². The van der Waals surface area contributed by atoms with E-state index in [0.29, 0.717) is 10.2 Å². The Labute approximate surface area is 83.4 Å². The summed E-state index contributed by atoms with van der Waals surface area (Å²) in [7, 11) is 1.40. The van der Waals surface area contributed by atoms with E-state index in [0.717, 1.165) is 0 Å². The van der Waals surface area contributed by atoms with Gasteiger partial charge in [-0.25, -0.2) is 4.79 Å². The summed E-state index contributed by atoms with van der Waals surface area (Å²) in [6, 6.07) is 2.99. The number of hydrogen-bond acceptors (Lipinski definition) is 3. The number of carboxylic acids is 1. The molecule has 0 aromatic heterocycles. The fourth-order valence-corrected chi connectivity index (χ4v) is 1.60. The van der Waals surface area contributed by atoms with Crippen molar-refractivity contribution < 1.29 is 14.6 Å². The van der Waals surface area contributed by atoms with Crippen molar-refractivity contribution >= 4 is 27.6 Å². The van der Waals surface area contributed by atoms with Crippen molar-refractivity contribution in [2.24, 2.45) is 0 Å². The molecule has 0 aliphatic carbocycles. The second-order valence-electron chi connectivity index (χ2n) is 2.39. The van der Waals surface area contributed by atoms with Crippen molar-refractivity contribution in [1.82, 2.24) is 0 Å². The molecule has 4 nitrogen and oxygen atoms in total. The van der Waals surface area contributed by atoms with Crippen LogP contribution in [0.5, 0.6) is 5.75 Å². The molecule has 5 heteroatoms. The van der Waals surface area contributed by atoms with Crippen molar-refractivity contribution in [2.75, 3.05) is 12.8 Å². The predicted molar refractivity (Wildman–Crippen MR) is 52.1 cm³/mol. The maximum atomic E-state index is 10.8. The lowest BCUT2D eigenvalue weighted by molar-refractivity contribution is 0.0692. The molecule has 1 rings (SSSR count). The molecule has 0 aliphatic rings. The van der Waals surface area contributed by atoms with Crippen LogP contribution in [0.4, 0.5) is 5.69 Å². The molecule has 0 atom stereocenters. The van der Waals surface area contributed by atoms with Gasteiger partial charge in [-0.05, 0) is 22.0 Å². The molecule has 3 N–H and O–H groups in total. The number of carbonyl (C=O) groups is 1. The predicted octanol–water partition coefficient (Wildman–Crippen LogP) is 1.74. The van der Waals surface area contributed by atoms with E-state index in [-0.39, 0.29) is 11.3 Å². The standard InChI is InChI=1S/C8H8BrNO3/c1-13-6-3-4(10)2-5(9)7(6)8(11)12/h2-3H,10H2,1H3,(H,11,12). The van der Waals surface area contributed by atoms with E-state index in [4.69, 9.17) is 15.6 Å². The minimum Gasteiger partial charge on any atom is -0.496 e. The summed E-state index contributed by atoms with van der Waals surface area (Å²) in [5.74, 6) is -0.803. The Bertz CT molecular complexity index is 351. The average Bonchev–Trinajstić information content (AvgIpc) is 2.01. The number of nitrogens with two attached hydrogens (primary N) is 1. The van der Waals surface area contributed by atoms with Gasteiger partial charge in [-0.3, -0.25) is 0 Å². The highest BCUT2D eigenvalue weighted by molar-refractivity contribution is 9.10. The molecule has 0 fully saturated rings. The van der Waals surface area contributed by atoms with E-state index in [1.807, 2.05) is 0 Å². The maximum absolute atomic E-state index is 10.8.